The van der Waals surface area contributed by atoms with Crippen LogP contribution >= 0.6 is 11.8 Å². The van der Waals surface area contributed by atoms with E-state index in [0.717, 1.165) is 27.2 Å². The van der Waals surface area contributed by atoms with E-state index in [1.54, 1.807) is 25.0 Å². The van der Waals surface area contributed by atoms with Gasteiger partial charge < -0.3 is 0 Å². The van der Waals surface area contributed by atoms with Gasteiger partial charge in [0, 0.05) is 25.2 Å². The molecule has 0 aromatic carbocycles. The molecule has 0 atom stereocenters. The van der Waals surface area contributed by atoms with Gasteiger partial charge in [0.15, 0.2) is 0 Å². The summed E-state index contributed by atoms with van der Waals surface area (Å²) >= 11 is 1.65. The Hall–Kier alpha value is -1.56. The highest BCUT2D eigenvalue weighted by Gasteiger charge is 2.15. The first kappa shape index (κ1) is 13.9. The Kier molecular flexibility index (Phi) is 3.80. The lowest BCUT2D eigenvalue weighted by atomic mass is 10.2. The molecule has 2 rings (SSSR count). The van der Waals surface area contributed by atoms with Crippen molar-refractivity contribution in [2.24, 2.45) is 14.1 Å². The van der Waals surface area contributed by atoms with Crippen molar-refractivity contribution < 1.29 is 0 Å². The highest BCUT2D eigenvalue weighted by atomic mass is 32.2. The number of aryl methyl sites for hydroxylation is 2. The van der Waals surface area contributed by atoms with Gasteiger partial charge in [-0.2, -0.15) is 0 Å². The van der Waals surface area contributed by atoms with E-state index in [2.05, 4.69) is 11.9 Å². The predicted molar refractivity (Wildman–Crippen MR) is 78.0 cm³/mol. The second-order valence-electron chi connectivity index (χ2n) is 4.52. The number of pyridine rings is 1. The summed E-state index contributed by atoms with van der Waals surface area (Å²) in [5.41, 5.74) is 0.812. The number of nitrogens with zero attached hydrogens (tertiary/aromatic N) is 3. The minimum atomic E-state index is -0.347. The third-order valence-corrected chi connectivity index (χ3v) is 4.48. The zero-order valence-electron chi connectivity index (χ0n) is 11.6. The van der Waals surface area contributed by atoms with Gasteiger partial charge in [-0.15, -0.1) is 11.8 Å². The van der Waals surface area contributed by atoms with Crippen molar-refractivity contribution in [1.82, 2.24) is 14.1 Å². The van der Waals surface area contributed by atoms with Crippen LogP contribution in [0.5, 0.6) is 0 Å². The van der Waals surface area contributed by atoms with E-state index in [9.17, 15) is 9.59 Å². The smallest absolute Gasteiger partial charge is 0.280 e. The van der Waals surface area contributed by atoms with Crippen molar-refractivity contribution in [1.29, 1.82) is 0 Å². The summed E-state index contributed by atoms with van der Waals surface area (Å²) in [7, 11) is 3.14. The highest BCUT2D eigenvalue weighted by Crippen LogP contribution is 2.27. The molecule has 0 amide bonds. The highest BCUT2D eigenvalue weighted by molar-refractivity contribution is 7.99. The van der Waals surface area contributed by atoms with E-state index in [4.69, 9.17) is 0 Å². The summed E-state index contributed by atoms with van der Waals surface area (Å²) in [6.45, 7) is 4.04. The SMILES string of the molecule is CCCSc1c(C)cnc2c1c(=O)n(C)c(=O)n2C. The summed E-state index contributed by atoms with van der Waals surface area (Å²) in [4.78, 5) is 29.4. The van der Waals surface area contributed by atoms with E-state index < -0.39 is 0 Å². The number of rotatable bonds is 3. The standard InChI is InChI=1S/C13H17N3O2S/c1-5-6-19-10-8(2)7-14-11-9(10)12(17)16(4)13(18)15(11)3/h7H,5-6H2,1-4H3. The second-order valence-corrected chi connectivity index (χ2v) is 5.63. The largest absolute Gasteiger partial charge is 0.332 e. The zero-order valence-corrected chi connectivity index (χ0v) is 12.4. The van der Waals surface area contributed by atoms with E-state index in [-0.39, 0.29) is 11.2 Å². The monoisotopic (exact) mass is 279 g/mol. The number of fused-ring (bicyclic) bond motifs is 1. The summed E-state index contributed by atoms with van der Waals surface area (Å²) in [6.07, 6.45) is 2.75. The van der Waals surface area contributed by atoms with E-state index >= 15 is 0 Å². The molecule has 0 aliphatic carbocycles. The van der Waals surface area contributed by atoms with Crippen LogP contribution in [0.15, 0.2) is 20.7 Å². The van der Waals surface area contributed by atoms with Gasteiger partial charge in [0.2, 0.25) is 0 Å². The van der Waals surface area contributed by atoms with Gasteiger partial charge in [-0.3, -0.25) is 13.9 Å². The number of aromatic nitrogens is 3. The summed E-state index contributed by atoms with van der Waals surface area (Å²) in [6, 6.07) is 0. The van der Waals surface area contributed by atoms with Gasteiger partial charge in [-0.25, -0.2) is 9.78 Å². The molecule has 19 heavy (non-hydrogen) atoms. The molecule has 2 aromatic rings. The van der Waals surface area contributed by atoms with Gasteiger partial charge in [0.25, 0.3) is 5.56 Å². The van der Waals surface area contributed by atoms with E-state index in [0.29, 0.717) is 11.0 Å². The fourth-order valence-corrected chi connectivity index (χ4v) is 3.00. The summed E-state index contributed by atoms with van der Waals surface area (Å²) in [5.74, 6) is 0.936. The first-order valence-electron chi connectivity index (χ1n) is 6.17. The molecule has 0 unspecified atom stereocenters. The molecule has 0 aliphatic heterocycles. The third-order valence-electron chi connectivity index (χ3n) is 3.05. The van der Waals surface area contributed by atoms with E-state index in [1.165, 1.54) is 11.6 Å². The van der Waals surface area contributed by atoms with Crippen LogP contribution in [0.3, 0.4) is 0 Å². The molecule has 2 heterocycles. The fraction of sp³-hybridized carbons (Fsp3) is 0.462. The van der Waals surface area contributed by atoms with Gasteiger partial charge in [0.05, 0.1) is 5.39 Å². The summed E-state index contributed by atoms with van der Waals surface area (Å²) < 4.78 is 2.56. The molecule has 102 valence electrons. The Bertz CT molecular complexity index is 746. The quantitative estimate of drug-likeness (QED) is 0.798. The third kappa shape index (κ3) is 2.20. The van der Waals surface area contributed by atoms with Gasteiger partial charge in [-0.1, -0.05) is 6.92 Å². The minimum absolute atomic E-state index is 0.270. The number of hydrogen-bond donors (Lipinski definition) is 0. The molecule has 0 spiro atoms. The molecule has 2 aromatic heterocycles. The van der Waals surface area contributed by atoms with E-state index in [1.807, 2.05) is 6.92 Å². The summed E-state index contributed by atoms with van der Waals surface area (Å²) in [5, 5.41) is 0.544. The van der Waals surface area contributed by atoms with Crippen LogP contribution in [0.2, 0.25) is 0 Å². The van der Waals surface area contributed by atoms with Crippen molar-refractivity contribution in [3.05, 3.63) is 32.6 Å². The molecule has 0 aliphatic rings. The molecule has 5 nitrogen and oxygen atoms in total. The Morgan fingerprint density at radius 2 is 1.95 bits per heavy atom. The normalized spacial score (nSPS) is 11.2. The van der Waals surface area contributed by atoms with Gasteiger partial charge in [-0.05, 0) is 24.7 Å². The maximum atomic E-state index is 12.3. The fourth-order valence-electron chi connectivity index (χ4n) is 1.99. The topological polar surface area (TPSA) is 56.9 Å². The molecule has 0 radical (unpaired) electrons. The molecule has 0 saturated heterocycles. The second kappa shape index (κ2) is 5.21. The molecule has 0 N–H and O–H groups in total. The predicted octanol–water partition coefficient (Wildman–Crippen LogP) is 1.44. The number of thioether (sulfide) groups is 1. The van der Waals surface area contributed by atoms with Crippen molar-refractivity contribution in [2.45, 2.75) is 25.2 Å². The van der Waals surface area contributed by atoms with Gasteiger partial charge >= 0.3 is 5.69 Å². The Morgan fingerprint density at radius 3 is 2.58 bits per heavy atom. The van der Waals surface area contributed by atoms with Crippen molar-refractivity contribution in [3.63, 3.8) is 0 Å². The lowest BCUT2D eigenvalue weighted by Crippen LogP contribution is -2.37. The van der Waals surface area contributed by atoms with Crippen molar-refractivity contribution in [2.75, 3.05) is 5.75 Å². The van der Waals surface area contributed by atoms with Gasteiger partial charge in [0.1, 0.15) is 5.65 Å². The lowest BCUT2D eigenvalue weighted by molar-refractivity contribution is 0.705. The number of hydrogen-bond acceptors (Lipinski definition) is 4. The molecule has 0 bridgehead atoms. The van der Waals surface area contributed by atoms with Crippen molar-refractivity contribution >= 4 is 22.8 Å². The van der Waals surface area contributed by atoms with Crippen LogP contribution in [0.1, 0.15) is 18.9 Å². The average Bonchev–Trinajstić information content (AvgIpc) is 2.41. The molecular weight excluding hydrogens is 262 g/mol. The molecule has 0 fully saturated rings. The van der Waals surface area contributed by atoms with Crippen LogP contribution in [0.4, 0.5) is 0 Å². The van der Waals surface area contributed by atoms with Crippen LogP contribution in [-0.4, -0.2) is 19.9 Å². The molecule has 6 heteroatoms. The Labute approximate surface area is 115 Å². The molecule has 0 saturated carbocycles. The first-order chi connectivity index (χ1) is 8.99. The zero-order chi connectivity index (χ0) is 14.2. The van der Waals surface area contributed by atoms with Crippen LogP contribution < -0.4 is 11.2 Å². The minimum Gasteiger partial charge on any atom is -0.280 e. The maximum Gasteiger partial charge on any atom is 0.332 e. The maximum absolute atomic E-state index is 12.3. The van der Waals surface area contributed by atoms with Crippen LogP contribution in [-0.2, 0) is 14.1 Å². The Morgan fingerprint density at radius 1 is 1.26 bits per heavy atom. The van der Waals surface area contributed by atoms with Crippen LogP contribution in [0.25, 0.3) is 11.0 Å². The first-order valence-corrected chi connectivity index (χ1v) is 7.15. The molecular formula is C13H17N3O2S. The average molecular weight is 279 g/mol. The van der Waals surface area contributed by atoms with Crippen molar-refractivity contribution in [3.8, 4) is 0 Å². The van der Waals surface area contributed by atoms with Crippen LogP contribution in [0, 0.1) is 6.92 Å². The lowest BCUT2D eigenvalue weighted by Gasteiger charge is -2.11. The Balaban J connectivity index is 2.92.